The number of aliphatic carboxylic acids is 1. The van der Waals surface area contributed by atoms with E-state index in [9.17, 15) is 9.59 Å². The summed E-state index contributed by atoms with van der Waals surface area (Å²) in [5.74, 6) is -0.563. The summed E-state index contributed by atoms with van der Waals surface area (Å²) in [6.07, 6.45) is 0.878. The van der Waals surface area contributed by atoms with Crippen molar-refractivity contribution < 1.29 is 14.7 Å². The molecule has 5 heteroatoms. The standard InChI is InChI=1S/C16H24N2O3/c1-12(2)8-13(9-16(20)21)10-18-15(19)11-17-14-6-4-3-5-7-14/h3-7,12-13,17H,8-11H2,1-2H3,(H,18,19)(H,20,21)/t13-/m0/s1. The number of carbonyl (C=O) groups is 2. The second-order valence-electron chi connectivity index (χ2n) is 5.62. The molecular formula is C16H24N2O3. The van der Waals surface area contributed by atoms with Gasteiger partial charge in [0.2, 0.25) is 5.91 Å². The van der Waals surface area contributed by atoms with Crippen molar-refractivity contribution in [1.29, 1.82) is 0 Å². The lowest BCUT2D eigenvalue weighted by atomic mass is 9.94. The van der Waals surface area contributed by atoms with Crippen molar-refractivity contribution in [3.8, 4) is 0 Å². The maximum atomic E-state index is 11.8. The smallest absolute Gasteiger partial charge is 0.303 e. The molecule has 0 heterocycles. The summed E-state index contributed by atoms with van der Waals surface area (Å²) in [4.78, 5) is 22.6. The van der Waals surface area contributed by atoms with Crippen molar-refractivity contribution in [3.05, 3.63) is 30.3 Å². The molecule has 0 aliphatic heterocycles. The van der Waals surface area contributed by atoms with Crippen LogP contribution in [0.1, 0.15) is 26.7 Å². The fraction of sp³-hybridized carbons (Fsp3) is 0.500. The lowest BCUT2D eigenvalue weighted by Crippen LogP contribution is -2.34. The molecule has 0 radical (unpaired) electrons. The maximum absolute atomic E-state index is 11.8. The molecule has 1 rings (SSSR count). The molecule has 0 aliphatic carbocycles. The highest BCUT2D eigenvalue weighted by Crippen LogP contribution is 2.14. The molecule has 116 valence electrons. The largest absolute Gasteiger partial charge is 0.481 e. The molecular weight excluding hydrogens is 268 g/mol. The van der Waals surface area contributed by atoms with Gasteiger partial charge < -0.3 is 15.7 Å². The van der Waals surface area contributed by atoms with E-state index in [-0.39, 0.29) is 24.8 Å². The fourth-order valence-electron chi connectivity index (χ4n) is 2.21. The van der Waals surface area contributed by atoms with E-state index in [4.69, 9.17) is 5.11 Å². The maximum Gasteiger partial charge on any atom is 0.303 e. The zero-order valence-corrected chi connectivity index (χ0v) is 12.6. The number of nitrogens with one attached hydrogen (secondary N) is 2. The lowest BCUT2D eigenvalue weighted by molar-refractivity contribution is -0.138. The van der Waals surface area contributed by atoms with Gasteiger partial charge in [0.25, 0.3) is 0 Å². The first-order valence-electron chi connectivity index (χ1n) is 7.24. The number of carbonyl (C=O) groups excluding carboxylic acids is 1. The van der Waals surface area contributed by atoms with Gasteiger partial charge in [-0.25, -0.2) is 0 Å². The molecule has 0 saturated heterocycles. The summed E-state index contributed by atoms with van der Waals surface area (Å²) < 4.78 is 0. The zero-order valence-electron chi connectivity index (χ0n) is 12.6. The van der Waals surface area contributed by atoms with Gasteiger partial charge in [-0.05, 0) is 30.4 Å². The van der Waals surface area contributed by atoms with Gasteiger partial charge in [-0.15, -0.1) is 0 Å². The van der Waals surface area contributed by atoms with E-state index in [1.165, 1.54) is 0 Å². The molecule has 21 heavy (non-hydrogen) atoms. The number of para-hydroxylation sites is 1. The van der Waals surface area contributed by atoms with Crippen LogP contribution < -0.4 is 10.6 Å². The minimum Gasteiger partial charge on any atom is -0.481 e. The average Bonchev–Trinajstić information content (AvgIpc) is 2.42. The van der Waals surface area contributed by atoms with E-state index in [0.717, 1.165) is 12.1 Å². The number of amides is 1. The molecule has 5 nitrogen and oxygen atoms in total. The van der Waals surface area contributed by atoms with E-state index in [2.05, 4.69) is 10.6 Å². The molecule has 1 amide bonds. The topological polar surface area (TPSA) is 78.4 Å². The summed E-state index contributed by atoms with van der Waals surface area (Å²) in [5.41, 5.74) is 0.886. The number of rotatable bonds is 9. The van der Waals surface area contributed by atoms with Crippen LogP contribution in [0.2, 0.25) is 0 Å². The van der Waals surface area contributed by atoms with Gasteiger partial charge in [0.05, 0.1) is 6.54 Å². The summed E-state index contributed by atoms with van der Waals surface area (Å²) >= 11 is 0. The van der Waals surface area contributed by atoms with E-state index in [1.807, 2.05) is 44.2 Å². The van der Waals surface area contributed by atoms with Crippen molar-refractivity contribution in [3.63, 3.8) is 0 Å². The highest BCUT2D eigenvalue weighted by atomic mass is 16.4. The van der Waals surface area contributed by atoms with Crippen LogP contribution in [0.5, 0.6) is 0 Å². The Hall–Kier alpha value is -2.04. The Labute approximate surface area is 125 Å². The predicted octanol–water partition coefficient (Wildman–Crippen LogP) is 2.35. The quantitative estimate of drug-likeness (QED) is 0.653. The molecule has 3 N–H and O–H groups in total. The molecule has 1 aromatic rings. The van der Waals surface area contributed by atoms with Crippen molar-refractivity contribution in [1.82, 2.24) is 5.32 Å². The Morgan fingerprint density at radius 2 is 1.86 bits per heavy atom. The Bertz CT molecular complexity index is 446. The number of benzene rings is 1. The predicted molar refractivity (Wildman–Crippen MR) is 83.1 cm³/mol. The summed E-state index contributed by atoms with van der Waals surface area (Å²) in [5, 5.41) is 14.7. The van der Waals surface area contributed by atoms with Crippen LogP contribution in [0.15, 0.2) is 30.3 Å². The first-order valence-corrected chi connectivity index (χ1v) is 7.24. The van der Waals surface area contributed by atoms with E-state index in [1.54, 1.807) is 0 Å². The molecule has 0 aromatic heterocycles. The molecule has 1 atom stereocenters. The number of hydrogen-bond acceptors (Lipinski definition) is 3. The summed E-state index contributed by atoms with van der Waals surface area (Å²) in [6.45, 7) is 4.69. The molecule has 0 spiro atoms. The average molecular weight is 292 g/mol. The molecule has 0 fully saturated rings. The van der Waals surface area contributed by atoms with Crippen molar-refractivity contribution in [2.75, 3.05) is 18.4 Å². The second kappa shape index (κ2) is 9.00. The second-order valence-corrected chi connectivity index (χ2v) is 5.62. The Morgan fingerprint density at radius 3 is 2.43 bits per heavy atom. The van der Waals surface area contributed by atoms with Crippen molar-refractivity contribution in [2.24, 2.45) is 11.8 Å². The van der Waals surface area contributed by atoms with Gasteiger partial charge in [0, 0.05) is 18.7 Å². The highest BCUT2D eigenvalue weighted by Gasteiger charge is 2.15. The van der Waals surface area contributed by atoms with E-state index in [0.29, 0.717) is 12.5 Å². The molecule has 0 aliphatic rings. The molecule has 0 saturated carbocycles. The van der Waals surface area contributed by atoms with Gasteiger partial charge in [-0.2, -0.15) is 0 Å². The zero-order chi connectivity index (χ0) is 15.7. The molecule has 0 unspecified atom stereocenters. The van der Waals surface area contributed by atoms with Crippen LogP contribution in [-0.4, -0.2) is 30.1 Å². The van der Waals surface area contributed by atoms with Gasteiger partial charge in [0.15, 0.2) is 0 Å². The van der Waals surface area contributed by atoms with Crippen LogP contribution in [0.25, 0.3) is 0 Å². The third-order valence-electron chi connectivity index (χ3n) is 3.08. The normalized spacial score (nSPS) is 12.0. The van der Waals surface area contributed by atoms with Crippen LogP contribution in [0.3, 0.4) is 0 Å². The molecule has 0 bridgehead atoms. The van der Waals surface area contributed by atoms with Gasteiger partial charge in [-0.3, -0.25) is 9.59 Å². The SMILES string of the molecule is CC(C)C[C@H](CNC(=O)CNc1ccccc1)CC(=O)O. The lowest BCUT2D eigenvalue weighted by Gasteiger charge is -2.18. The number of anilines is 1. The van der Waals surface area contributed by atoms with E-state index < -0.39 is 5.97 Å². The fourth-order valence-corrected chi connectivity index (χ4v) is 2.21. The van der Waals surface area contributed by atoms with Crippen LogP contribution >= 0.6 is 0 Å². The number of carboxylic acids is 1. The minimum atomic E-state index is -0.822. The van der Waals surface area contributed by atoms with Gasteiger partial charge in [0.1, 0.15) is 0 Å². The Balaban J connectivity index is 2.33. The van der Waals surface area contributed by atoms with Crippen LogP contribution in [-0.2, 0) is 9.59 Å². The van der Waals surface area contributed by atoms with Crippen molar-refractivity contribution >= 4 is 17.6 Å². The third-order valence-corrected chi connectivity index (χ3v) is 3.08. The van der Waals surface area contributed by atoms with Crippen LogP contribution in [0, 0.1) is 11.8 Å². The van der Waals surface area contributed by atoms with Crippen molar-refractivity contribution in [2.45, 2.75) is 26.7 Å². The Morgan fingerprint density at radius 1 is 1.19 bits per heavy atom. The first-order chi connectivity index (χ1) is 9.97. The van der Waals surface area contributed by atoms with Gasteiger partial charge in [-0.1, -0.05) is 32.0 Å². The minimum absolute atomic E-state index is 0.0248. The molecule has 1 aromatic carbocycles. The number of carboxylic acid groups (broad SMARTS) is 1. The van der Waals surface area contributed by atoms with Crippen LogP contribution in [0.4, 0.5) is 5.69 Å². The highest BCUT2D eigenvalue weighted by molar-refractivity contribution is 5.80. The van der Waals surface area contributed by atoms with E-state index >= 15 is 0 Å². The van der Waals surface area contributed by atoms with Gasteiger partial charge >= 0.3 is 5.97 Å². The monoisotopic (exact) mass is 292 g/mol. The number of hydrogen-bond donors (Lipinski definition) is 3. The summed E-state index contributed by atoms with van der Waals surface area (Å²) in [6, 6.07) is 9.48. The third kappa shape index (κ3) is 7.97. The Kier molecular flexibility index (Phi) is 7.29. The summed E-state index contributed by atoms with van der Waals surface area (Å²) in [7, 11) is 0. The first kappa shape index (κ1) is 17.0.